The number of nitrogens with zero attached hydrogens (tertiary/aromatic N) is 2. The molecule has 0 fully saturated rings. The zero-order valence-electron chi connectivity index (χ0n) is 12.2. The lowest BCUT2D eigenvalue weighted by atomic mass is 10.4. The first-order valence-corrected chi connectivity index (χ1v) is 8.54. The maximum absolute atomic E-state index is 12.5. The highest BCUT2D eigenvalue weighted by atomic mass is 35.5. The Morgan fingerprint density at radius 2 is 2.04 bits per heavy atom. The van der Waals surface area contributed by atoms with Crippen LogP contribution < -0.4 is 5.32 Å². The Morgan fingerprint density at radius 1 is 1.35 bits per heavy atom. The lowest BCUT2D eigenvalue weighted by molar-refractivity contribution is -0.116. The van der Waals surface area contributed by atoms with E-state index < -0.39 is 22.5 Å². The number of carbonyl (C=O) groups excluding carboxylic acids is 1. The van der Waals surface area contributed by atoms with Crippen molar-refractivity contribution in [1.29, 1.82) is 0 Å². The lowest BCUT2D eigenvalue weighted by Gasteiger charge is -2.17. The Bertz CT molecular complexity index is 835. The predicted octanol–water partition coefficient (Wildman–Crippen LogP) is 2.55. The van der Waals surface area contributed by atoms with Gasteiger partial charge in [-0.05, 0) is 25.1 Å². The van der Waals surface area contributed by atoms with Crippen LogP contribution in [0, 0.1) is 6.92 Å². The van der Waals surface area contributed by atoms with Crippen LogP contribution in [0.15, 0.2) is 33.7 Å². The SMILES string of the molecule is Cc1cc(NC(=O)CN(C)S(=O)(=O)c2cc(Cl)ccc2Cl)no1. The lowest BCUT2D eigenvalue weighted by Crippen LogP contribution is -2.35. The van der Waals surface area contributed by atoms with Crippen molar-refractivity contribution in [1.82, 2.24) is 9.46 Å². The number of amides is 1. The average Bonchev–Trinajstić information content (AvgIpc) is 2.86. The monoisotopic (exact) mass is 377 g/mol. The van der Waals surface area contributed by atoms with Gasteiger partial charge in [-0.1, -0.05) is 28.4 Å². The van der Waals surface area contributed by atoms with Crippen LogP contribution >= 0.6 is 23.2 Å². The maximum atomic E-state index is 12.5. The number of sulfonamides is 1. The Balaban J connectivity index is 2.13. The van der Waals surface area contributed by atoms with Crippen LogP contribution in [-0.4, -0.2) is 37.4 Å². The standard InChI is InChI=1S/C13H13Cl2N3O4S/c1-8-5-12(17-22-8)16-13(19)7-18(2)23(20,21)11-6-9(14)3-4-10(11)15/h3-6H,7H2,1-2H3,(H,16,17,19). The van der Waals surface area contributed by atoms with Gasteiger partial charge in [-0.15, -0.1) is 0 Å². The van der Waals surface area contributed by atoms with E-state index in [0.29, 0.717) is 5.76 Å². The third kappa shape index (κ3) is 4.23. The number of carbonyl (C=O) groups is 1. The van der Waals surface area contributed by atoms with Gasteiger partial charge in [-0.3, -0.25) is 4.79 Å². The second-order valence-corrected chi connectivity index (χ2v) is 7.56. The highest BCUT2D eigenvalue weighted by Gasteiger charge is 2.26. The van der Waals surface area contributed by atoms with Crippen LogP contribution in [-0.2, 0) is 14.8 Å². The molecule has 0 saturated heterocycles. The number of hydrogen-bond donors (Lipinski definition) is 1. The first kappa shape index (κ1) is 17.7. The van der Waals surface area contributed by atoms with Gasteiger partial charge in [-0.2, -0.15) is 4.31 Å². The van der Waals surface area contributed by atoms with E-state index in [2.05, 4.69) is 10.5 Å². The molecule has 1 aromatic heterocycles. The molecule has 1 N–H and O–H groups in total. The number of benzene rings is 1. The summed E-state index contributed by atoms with van der Waals surface area (Å²) in [5.41, 5.74) is 0. The second-order valence-electron chi connectivity index (χ2n) is 4.71. The Labute approximate surface area is 143 Å². The molecule has 0 aliphatic rings. The van der Waals surface area contributed by atoms with Gasteiger partial charge in [0.15, 0.2) is 5.82 Å². The van der Waals surface area contributed by atoms with Gasteiger partial charge in [0, 0.05) is 18.1 Å². The van der Waals surface area contributed by atoms with E-state index in [9.17, 15) is 13.2 Å². The molecule has 2 aromatic rings. The summed E-state index contributed by atoms with van der Waals surface area (Å²) in [4.78, 5) is 11.7. The number of anilines is 1. The normalized spacial score (nSPS) is 11.7. The van der Waals surface area contributed by atoms with E-state index in [1.807, 2.05) is 0 Å². The van der Waals surface area contributed by atoms with Gasteiger partial charge in [0.25, 0.3) is 0 Å². The minimum absolute atomic E-state index is 0.0220. The molecular weight excluding hydrogens is 365 g/mol. The number of aromatic nitrogens is 1. The summed E-state index contributed by atoms with van der Waals surface area (Å²) in [5, 5.41) is 6.28. The molecule has 10 heteroatoms. The Morgan fingerprint density at radius 3 is 2.65 bits per heavy atom. The van der Waals surface area contributed by atoms with Crippen molar-refractivity contribution in [2.45, 2.75) is 11.8 Å². The molecule has 7 nitrogen and oxygen atoms in total. The summed E-state index contributed by atoms with van der Waals surface area (Å²) in [6, 6.07) is 5.60. The molecular formula is C13H13Cl2N3O4S. The molecule has 0 unspecified atom stereocenters. The fourth-order valence-corrected chi connectivity index (χ4v) is 3.60. The van der Waals surface area contributed by atoms with Crippen molar-refractivity contribution >= 4 is 45.0 Å². The molecule has 0 atom stereocenters. The molecule has 0 saturated carbocycles. The molecule has 1 amide bonds. The van der Waals surface area contributed by atoms with Crippen molar-refractivity contribution in [3.05, 3.63) is 40.1 Å². The van der Waals surface area contributed by atoms with Gasteiger partial charge < -0.3 is 9.84 Å². The summed E-state index contributed by atoms with van der Waals surface area (Å²) in [6.07, 6.45) is 0. The molecule has 23 heavy (non-hydrogen) atoms. The van der Waals surface area contributed by atoms with Crippen molar-refractivity contribution in [2.24, 2.45) is 0 Å². The maximum Gasteiger partial charge on any atom is 0.244 e. The predicted molar refractivity (Wildman–Crippen MR) is 86.1 cm³/mol. The first-order chi connectivity index (χ1) is 10.7. The third-order valence-electron chi connectivity index (χ3n) is 2.84. The van der Waals surface area contributed by atoms with Crippen LogP contribution in [0.5, 0.6) is 0 Å². The molecule has 124 valence electrons. The van der Waals surface area contributed by atoms with E-state index in [1.165, 1.54) is 31.3 Å². The second kappa shape index (κ2) is 6.88. The van der Waals surface area contributed by atoms with Crippen LogP contribution in [0.3, 0.4) is 0 Å². The van der Waals surface area contributed by atoms with Crippen molar-refractivity contribution in [3.63, 3.8) is 0 Å². The first-order valence-electron chi connectivity index (χ1n) is 6.34. The van der Waals surface area contributed by atoms with Crippen molar-refractivity contribution < 1.29 is 17.7 Å². The quantitative estimate of drug-likeness (QED) is 0.863. The van der Waals surface area contributed by atoms with E-state index in [4.69, 9.17) is 27.7 Å². The number of aryl methyl sites for hydroxylation is 1. The molecule has 0 aliphatic carbocycles. The third-order valence-corrected chi connectivity index (χ3v) is 5.36. The highest BCUT2D eigenvalue weighted by Crippen LogP contribution is 2.27. The van der Waals surface area contributed by atoms with Crippen LogP contribution in [0.25, 0.3) is 0 Å². The Kier molecular flexibility index (Phi) is 5.30. The minimum Gasteiger partial charge on any atom is -0.360 e. The van der Waals surface area contributed by atoms with E-state index in [-0.39, 0.29) is 20.8 Å². The minimum atomic E-state index is -3.96. The molecule has 0 aliphatic heterocycles. The summed E-state index contributed by atoms with van der Waals surface area (Å²) in [6.45, 7) is 1.25. The molecule has 0 spiro atoms. The van der Waals surface area contributed by atoms with Gasteiger partial charge in [-0.25, -0.2) is 8.42 Å². The highest BCUT2D eigenvalue weighted by molar-refractivity contribution is 7.89. The van der Waals surface area contributed by atoms with E-state index >= 15 is 0 Å². The summed E-state index contributed by atoms with van der Waals surface area (Å²) >= 11 is 11.7. The molecule has 0 radical (unpaired) electrons. The van der Waals surface area contributed by atoms with Crippen molar-refractivity contribution in [2.75, 3.05) is 18.9 Å². The fraction of sp³-hybridized carbons (Fsp3) is 0.231. The molecule has 1 aromatic carbocycles. The van der Waals surface area contributed by atoms with Gasteiger partial charge in [0.2, 0.25) is 15.9 Å². The molecule has 1 heterocycles. The molecule has 2 rings (SSSR count). The fourth-order valence-electron chi connectivity index (χ4n) is 1.74. The van der Waals surface area contributed by atoms with Crippen molar-refractivity contribution in [3.8, 4) is 0 Å². The zero-order chi connectivity index (χ0) is 17.2. The van der Waals surface area contributed by atoms with Crippen LogP contribution in [0.2, 0.25) is 10.0 Å². The van der Waals surface area contributed by atoms with E-state index in [1.54, 1.807) is 6.92 Å². The number of halogens is 2. The number of likely N-dealkylation sites (N-methyl/N-ethyl adjacent to an activating group) is 1. The summed E-state index contributed by atoms with van der Waals surface area (Å²) in [7, 11) is -2.70. The van der Waals surface area contributed by atoms with Gasteiger partial charge in [0.05, 0.1) is 11.6 Å². The Hall–Kier alpha value is -1.61. The van der Waals surface area contributed by atoms with Gasteiger partial charge >= 0.3 is 0 Å². The number of rotatable bonds is 5. The zero-order valence-corrected chi connectivity index (χ0v) is 14.5. The number of hydrogen-bond acceptors (Lipinski definition) is 5. The largest absolute Gasteiger partial charge is 0.360 e. The van der Waals surface area contributed by atoms with Crippen LogP contribution in [0.1, 0.15) is 5.76 Å². The smallest absolute Gasteiger partial charge is 0.244 e. The summed E-state index contributed by atoms with van der Waals surface area (Å²) in [5.74, 6) is 0.161. The average molecular weight is 378 g/mol. The molecule has 0 bridgehead atoms. The van der Waals surface area contributed by atoms with Gasteiger partial charge in [0.1, 0.15) is 10.7 Å². The van der Waals surface area contributed by atoms with Crippen LogP contribution in [0.4, 0.5) is 5.82 Å². The summed E-state index contributed by atoms with van der Waals surface area (Å²) < 4.78 is 30.6. The number of nitrogens with one attached hydrogen (secondary N) is 1. The topological polar surface area (TPSA) is 92.5 Å². The van der Waals surface area contributed by atoms with E-state index in [0.717, 1.165) is 4.31 Å².